The Kier molecular flexibility index (Phi) is 3.82. The molecule has 2 heterocycles. The predicted octanol–water partition coefficient (Wildman–Crippen LogP) is 1.25. The molecular formula is C10H16N4OS. The summed E-state index contributed by atoms with van der Waals surface area (Å²) >= 11 is 1.79. The van der Waals surface area contributed by atoms with E-state index >= 15 is 0 Å². The normalized spacial score (nSPS) is 20.6. The molecule has 1 N–H and O–H groups in total. The molecule has 6 heteroatoms. The highest BCUT2D eigenvalue weighted by atomic mass is 32.2. The van der Waals surface area contributed by atoms with Crippen molar-refractivity contribution in [3.63, 3.8) is 0 Å². The number of aryl methyl sites for hydroxylation is 1. The first-order chi connectivity index (χ1) is 7.74. The minimum absolute atomic E-state index is 0.619. The van der Waals surface area contributed by atoms with Gasteiger partial charge in [-0.05, 0) is 5.92 Å². The van der Waals surface area contributed by atoms with E-state index < -0.39 is 0 Å². The van der Waals surface area contributed by atoms with Gasteiger partial charge >= 0.3 is 0 Å². The molecule has 0 fully saturated rings. The lowest BCUT2D eigenvalue weighted by molar-refractivity contribution is 0.387. The Labute approximate surface area is 99.1 Å². The maximum absolute atomic E-state index is 4.90. The van der Waals surface area contributed by atoms with Crippen molar-refractivity contribution in [2.45, 2.75) is 20.3 Å². The number of rotatable bonds is 3. The van der Waals surface area contributed by atoms with Crippen LogP contribution in [0.1, 0.15) is 18.6 Å². The number of aromatic nitrogens is 2. The smallest absolute Gasteiger partial charge is 0.223 e. The minimum Gasteiger partial charge on any atom is -0.364 e. The first kappa shape index (κ1) is 11.4. The van der Waals surface area contributed by atoms with E-state index in [1.54, 1.807) is 18.7 Å². The Morgan fingerprint density at radius 3 is 3.06 bits per heavy atom. The molecule has 0 radical (unpaired) electrons. The molecule has 2 rings (SSSR count). The molecule has 1 aliphatic rings. The van der Waals surface area contributed by atoms with Gasteiger partial charge in [0.25, 0.3) is 0 Å². The molecule has 0 bridgehead atoms. The molecule has 1 atom stereocenters. The lowest BCUT2D eigenvalue weighted by Crippen LogP contribution is -2.28. The van der Waals surface area contributed by atoms with E-state index in [1.807, 2.05) is 0 Å². The van der Waals surface area contributed by atoms with Crippen LogP contribution in [-0.2, 0) is 6.42 Å². The van der Waals surface area contributed by atoms with Crippen LogP contribution in [0.3, 0.4) is 0 Å². The second-order valence-corrected chi connectivity index (χ2v) is 4.98. The maximum Gasteiger partial charge on any atom is 0.223 e. The average Bonchev–Trinajstić information content (AvgIpc) is 2.67. The van der Waals surface area contributed by atoms with Crippen molar-refractivity contribution in [2.24, 2.45) is 10.9 Å². The second-order valence-electron chi connectivity index (χ2n) is 3.97. The first-order valence-electron chi connectivity index (χ1n) is 5.44. The van der Waals surface area contributed by atoms with Crippen molar-refractivity contribution < 1.29 is 4.52 Å². The third kappa shape index (κ3) is 3.23. The van der Waals surface area contributed by atoms with E-state index in [2.05, 4.69) is 27.4 Å². The van der Waals surface area contributed by atoms with Gasteiger partial charge in [0.2, 0.25) is 5.89 Å². The molecule has 5 nitrogen and oxygen atoms in total. The van der Waals surface area contributed by atoms with Crippen molar-refractivity contribution in [2.75, 3.05) is 18.8 Å². The Hall–Kier alpha value is -1.04. The highest BCUT2D eigenvalue weighted by molar-refractivity contribution is 8.13. The summed E-state index contributed by atoms with van der Waals surface area (Å²) in [7, 11) is 0. The summed E-state index contributed by atoms with van der Waals surface area (Å²) in [6.07, 6.45) is 0.770. The summed E-state index contributed by atoms with van der Waals surface area (Å²) in [6, 6.07) is 0. The van der Waals surface area contributed by atoms with E-state index in [0.717, 1.165) is 36.3 Å². The Balaban J connectivity index is 1.72. The van der Waals surface area contributed by atoms with Crippen LogP contribution >= 0.6 is 11.8 Å². The quantitative estimate of drug-likeness (QED) is 0.861. The third-order valence-corrected chi connectivity index (χ3v) is 3.53. The monoisotopic (exact) mass is 240 g/mol. The van der Waals surface area contributed by atoms with Crippen LogP contribution in [0.5, 0.6) is 0 Å². The van der Waals surface area contributed by atoms with E-state index in [9.17, 15) is 0 Å². The number of amidine groups is 1. The zero-order chi connectivity index (χ0) is 11.4. The molecule has 16 heavy (non-hydrogen) atoms. The van der Waals surface area contributed by atoms with Gasteiger partial charge in [-0.3, -0.25) is 4.99 Å². The van der Waals surface area contributed by atoms with Crippen LogP contribution in [0, 0.1) is 12.8 Å². The Morgan fingerprint density at radius 1 is 1.56 bits per heavy atom. The van der Waals surface area contributed by atoms with Gasteiger partial charge in [0.05, 0.1) is 0 Å². The maximum atomic E-state index is 4.90. The summed E-state index contributed by atoms with van der Waals surface area (Å²) in [6.45, 7) is 5.75. The van der Waals surface area contributed by atoms with Crippen LogP contribution in [0.2, 0.25) is 0 Å². The lowest BCUT2D eigenvalue weighted by atomic mass is 10.2. The van der Waals surface area contributed by atoms with E-state index in [0.29, 0.717) is 11.8 Å². The molecule has 0 aliphatic carbocycles. The highest BCUT2D eigenvalue weighted by Crippen LogP contribution is 2.15. The van der Waals surface area contributed by atoms with E-state index in [1.165, 1.54) is 0 Å². The van der Waals surface area contributed by atoms with Gasteiger partial charge < -0.3 is 9.84 Å². The zero-order valence-corrected chi connectivity index (χ0v) is 10.4. The topological polar surface area (TPSA) is 63.3 Å². The SMILES string of the molecule is Cc1nc(CCNC2=NCC(C)CS2)no1. The largest absolute Gasteiger partial charge is 0.364 e. The van der Waals surface area contributed by atoms with E-state index in [-0.39, 0.29) is 0 Å². The van der Waals surface area contributed by atoms with Gasteiger partial charge in [-0.15, -0.1) is 0 Å². The Bertz CT molecular complexity index is 377. The molecule has 1 aromatic rings. The van der Waals surface area contributed by atoms with Crippen molar-refractivity contribution in [3.05, 3.63) is 11.7 Å². The van der Waals surface area contributed by atoms with Gasteiger partial charge in [-0.1, -0.05) is 23.8 Å². The number of nitrogens with zero attached hydrogens (tertiary/aromatic N) is 3. The fourth-order valence-corrected chi connectivity index (χ4v) is 2.31. The molecule has 0 saturated heterocycles. The highest BCUT2D eigenvalue weighted by Gasteiger charge is 2.11. The van der Waals surface area contributed by atoms with Gasteiger partial charge in [-0.25, -0.2) is 0 Å². The summed E-state index contributed by atoms with van der Waals surface area (Å²) < 4.78 is 4.90. The molecule has 88 valence electrons. The van der Waals surface area contributed by atoms with Crippen LogP contribution < -0.4 is 5.32 Å². The van der Waals surface area contributed by atoms with Crippen LogP contribution in [0.4, 0.5) is 0 Å². The van der Waals surface area contributed by atoms with Gasteiger partial charge in [0, 0.05) is 32.2 Å². The standard InChI is InChI=1S/C10H16N4OS/c1-7-5-12-10(16-6-7)11-4-3-9-13-8(2)15-14-9/h7H,3-6H2,1-2H3,(H,11,12). The van der Waals surface area contributed by atoms with Crippen molar-refractivity contribution in [1.29, 1.82) is 0 Å². The first-order valence-corrected chi connectivity index (χ1v) is 6.43. The zero-order valence-electron chi connectivity index (χ0n) is 9.56. The van der Waals surface area contributed by atoms with Gasteiger partial charge in [0.15, 0.2) is 11.0 Å². The lowest BCUT2D eigenvalue weighted by Gasteiger charge is -2.17. The molecule has 0 spiro atoms. The number of hydrogen-bond acceptors (Lipinski definition) is 6. The molecule has 0 aromatic carbocycles. The number of thioether (sulfide) groups is 1. The van der Waals surface area contributed by atoms with Crippen LogP contribution in [-0.4, -0.2) is 34.2 Å². The summed E-state index contributed by atoms with van der Waals surface area (Å²) in [5.74, 6) is 3.20. The summed E-state index contributed by atoms with van der Waals surface area (Å²) in [4.78, 5) is 8.59. The van der Waals surface area contributed by atoms with Crippen LogP contribution in [0.15, 0.2) is 9.52 Å². The molecular weight excluding hydrogens is 224 g/mol. The second kappa shape index (κ2) is 5.34. The minimum atomic E-state index is 0.619. The van der Waals surface area contributed by atoms with Crippen LogP contribution in [0.25, 0.3) is 0 Å². The fourth-order valence-electron chi connectivity index (χ4n) is 1.39. The summed E-state index contributed by atoms with van der Waals surface area (Å²) in [5.41, 5.74) is 0. The predicted molar refractivity (Wildman–Crippen MR) is 64.7 cm³/mol. The average molecular weight is 240 g/mol. The number of aliphatic imine (C=N–C) groups is 1. The van der Waals surface area contributed by atoms with Crippen molar-refractivity contribution >= 4 is 16.9 Å². The molecule has 1 unspecified atom stereocenters. The molecule has 1 aromatic heterocycles. The van der Waals surface area contributed by atoms with E-state index in [4.69, 9.17) is 4.52 Å². The van der Waals surface area contributed by atoms with Gasteiger partial charge in [-0.2, -0.15) is 4.98 Å². The number of hydrogen-bond donors (Lipinski definition) is 1. The van der Waals surface area contributed by atoms with Crippen molar-refractivity contribution in [3.8, 4) is 0 Å². The fraction of sp³-hybridized carbons (Fsp3) is 0.700. The molecule has 0 amide bonds. The van der Waals surface area contributed by atoms with Gasteiger partial charge in [0.1, 0.15) is 0 Å². The molecule has 0 saturated carbocycles. The summed E-state index contributed by atoms with van der Waals surface area (Å²) in [5, 5.41) is 8.17. The van der Waals surface area contributed by atoms with Crippen molar-refractivity contribution in [1.82, 2.24) is 15.5 Å². The third-order valence-electron chi connectivity index (χ3n) is 2.25. The molecule has 1 aliphatic heterocycles. The Morgan fingerprint density at radius 2 is 2.44 bits per heavy atom. The number of nitrogens with one attached hydrogen (secondary N) is 1.